The van der Waals surface area contributed by atoms with Crippen LogP contribution in [-0.4, -0.2) is 40.6 Å². The van der Waals surface area contributed by atoms with Crippen molar-refractivity contribution in [1.29, 1.82) is 0 Å². The molecule has 138 valence electrons. The van der Waals surface area contributed by atoms with Crippen LogP contribution in [0.2, 0.25) is 0 Å². The maximum absolute atomic E-state index is 12.5. The van der Waals surface area contributed by atoms with Gasteiger partial charge in [0.1, 0.15) is 12.7 Å². The summed E-state index contributed by atoms with van der Waals surface area (Å²) in [4.78, 5) is 12.5. The summed E-state index contributed by atoms with van der Waals surface area (Å²) in [6, 6.07) is 11.8. The quantitative estimate of drug-likeness (QED) is 0.824. The van der Waals surface area contributed by atoms with E-state index < -0.39 is 10.0 Å². The Morgan fingerprint density at radius 2 is 1.92 bits per heavy atom. The summed E-state index contributed by atoms with van der Waals surface area (Å²) in [5.74, 6) is 0.949. The Bertz CT molecular complexity index is 927. The smallest absolute Gasteiger partial charge is 0.251 e. The molecule has 7 nitrogen and oxygen atoms in total. The third kappa shape index (κ3) is 3.81. The van der Waals surface area contributed by atoms with Crippen molar-refractivity contribution < 1.29 is 22.7 Å². The number of carbonyl (C=O) groups excluding carboxylic acids is 1. The number of ether oxygens (including phenoxy) is 2. The van der Waals surface area contributed by atoms with Crippen molar-refractivity contribution in [3.63, 3.8) is 0 Å². The van der Waals surface area contributed by atoms with Crippen LogP contribution < -0.4 is 19.5 Å². The molecule has 1 aliphatic rings. The highest BCUT2D eigenvalue weighted by Crippen LogP contribution is 2.30. The van der Waals surface area contributed by atoms with Crippen LogP contribution in [0.1, 0.15) is 15.9 Å². The van der Waals surface area contributed by atoms with Crippen LogP contribution in [0.15, 0.2) is 47.4 Å². The van der Waals surface area contributed by atoms with Crippen molar-refractivity contribution >= 4 is 15.9 Å². The first-order valence-corrected chi connectivity index (χ1v) is 9.60. The molecule has 2 aromatic rings. The van der Waals surface area contributed by atoms with E-state index in [2.05, 4.69) is 10.0 Å². The zero-order chi connectivity index (χ0) is 18.7. The molecule has 0 saturated carbocycles. The van der Waals surface area contributed by atoms with Crippen LogP contribution in [0.4, 0.5) is 0 Å². The van der Waals surface area contributed by atoms with Crippen LogP contribution >= 0.6 is 0 Å². The van der Waals surface area contributed by atoms with Gasteiger partial charge in [-0.15, -0.1) is 0 Å². The third-order valence-electron chi connectivity index (χ3n) is 4.09. The molecule has 1 atom stereocenters. The lowest BCUT2D eigenvalue weighted by Gasteiger charge is -2.26. The summed E-state index contributed by atoms with van der Waals surface area (Å²) in [5.41, 5.74) is 0.988. The van der Waals surface area contributed by atoms with Crippen molar-refractivity contribution in [2.24, 2.45) is 0 Å². The van der Waals surface area contributed by atoms with Crippen molar-refractivity contribution in [3.8, 4) is 11.5 Å². The highest BCUT2D eigenvalue weighted by Gasteiger charge is 2.22. The van der Waals surface area contributed by atoms with E-state index in [1.54, 1.807) is 19.1 Å². The zero-order valence-corrected chi connectivity index (χ0v) is 15.3. The normalized spacial score (nSPS) is 16.2. The first-order chi connectivity index (χ1) is 12.4. The summed E-state index contributed by atoms with van der Waals surface area (Å²) in [6.45, 7) is 2.32. The molecule has 8 heteroatoms. The number of hydrogen-bond donors (Lipinski definition) is 2. The van der Waals surface area contributed by atoms with E-state index in [4.69, 9.17) is 9.47 Å². The Hall–Kier alpha value is -2.58. The topological polar surface area (TPSA) is 93.7 Å². The molecule has 1 unspecified atom stereocenters. The number of nitrogens with one attached hydrogen (secondary N) is 2. The average molecular weight is 376 g/mol. The average Bonchev–Trinajstić information content (AvgIpc) is 2.66. The lowest BCUT2D eigenvalue weighted by Crippen LogP contribution is -2.41. The molecule has 2 N–H and O–H groups in total. The first kappa shape index (κ1) is 18.2. The van der Waals surface area contributed by atoms with Gasteiger partial charge in [-0.25, -0.2) is 13.1 Å². The monoisotopic (exact) mass is 376 g/mol. The van der Waals surface area contributed by atoms with Crippen LogP contribution in [0, 0.1) is 6.92 Å². The Morgan fingerprint density at radius 1 is 1.19 bits per heavy atom. The SMILES string of the molecule is CNS(=O)(=O)c1ccc(C)c(C(=O)NCC2COc3ccccc3O2)c1. The molecule has 1 aliphatic heterocycles. The summed E-state index contributed by atoms with van der Waals surface area (Å²) in [5, 5.41) is 2.78. The standard InChI is InChI=1S/C18H20N2O5S/c1-12-7-8-14(26(22,23)19-2)9-15(12)18(21)20-10-13-11-24-16-5-3-4-6-17(16)25-13/h3-9,13,19H,10-11H2,1-2H3,(H,20,21). The van der Waals surface area contributed by atoms with Gasteiger partial charge in [-0.1, -0.05) is 18.2 Å². The number of carbonyl (C=O) groups is 1. The summed E-state index contributed by atoms with van der Waals surface area (Å²) >= 11 is 0. The van der Waals surface area contributed by atoms with Crippen molar-refractivity contribution in [1.82, 2.24) is 10.0 Å². The van der Waals surface area contributed by atoms with E-state index in [0.29, 0.717) is 29.2 Å². The van der Waals surface area contributed by atoms with E-state index in [-0.39, 0.29) is 23.5 Å². The van der Waals surface area contributed by atoms with E-state index in [9.17, 15) is 13.2 Å². The van der Waals surface area contributed by atoms with Gasteiger partial charge < -0.3 is 14.8 Å². The predicted octanol–water partition coefficient (Wildman–Crippen LogP) is 1.47. The zero-order valence-electron chi connectivity index (χ0n) is 14.5. The Labute approximate surface area is 152 Å². The highest BCUT2D eigenvalue weighted by atomic mass is 32.2. The molecule has 1 amide bonds. The first-order valence-electron chi connectivity index (χ1n) is 8.11. The second-order valence-electron chi connectivity index (χ2n) is 5.89. The number of amides is 1. The number of rotatable bonds is 5. The molecule has 0 bridgehead atoms. The van der Waals surface area contributed by atoms with Gasteiger partial charge in [0.05, 0.1) is 11.4 Å². The van der Waals surface area contributed by atoms with Crippen LogP contribution in [0.5, 0.6) is 11.5 Å². The predicted molar refractivity (Wildman–Crippen MR) is 96.1 cm³/mol. The van der Waals surface area contributed by atoms with Crippen molar-refractivity contribution in [2.75, 3.05) is 20.2 Å². The fraction of sp³-hybridized carbons (Fsp3) is 0.278. The lowest BCUT2D eigenvalue weighted by molar-refractivity contribution is 0.0789. The molecule has 0 radical (unpaired) electrons. The second kappa shape index (κ2) is 7.35. The highest BCUT2D eigenvalue weighted by molar-refractivity contribution is 7.89. The number of para-hydroxylation sites is 2. The fourth-order valence-corrected chi connectivity index (χ4v) is 3.35. The van der Waals surface area contributed by atoms with Gasteiger partial charge in [-0.05, 0) is 43.8 Å². The summed E-state index contributed by atoms with van der Waals surface area (Å²) in [6.07, 6.45) is -0.321. The van der Waals surface area contributed by atoms with Gasteiger partial charge in [-0.2, -0.15) is 0 Å². The largest absolute Gasteiger partial charge is 0.486 e. The van der Waals surface area contributed by atoms with Gasteiger partial charge in [-0.3, -0.25) is 4.79 Å². The van der Waals surface area contributed by atoms with Gasteiger partial charge in [0.25, 0.3) is 5.91 Å². The van der Waals surface area contributed by atoms with Crippen LogP contribution in [-0.2, 0) is 10.0 Å². The number of fused-ring (bicyclic) bond motifs is 1. The summed E-state index contributed by atoms with van der Waals surface area (Å²) < 4.78 is 37.5. The minimum atomic E-state index is -3.61. The lowest BCUT2D eigenvalue weighted by atomic mass is 10.1. The van der Waals surface area contributed by atoms with Gasteiger partial charge in [0.2, 0.25) is 10.0 Å². The maximum Gasteiger partial charge on any atom is 0.251 e. The number of hydrogen-bond acceptors (Lipinski definition) is 5. The molecule has 0 aliphatic carbocycles. The molecule has 0 saturated heterocycles. The minimum Gasteiger partial charge on any atom is -0.486 e. The molecule has 26 heavy (non-hydrogen) atoms. The number of benzene rings is 2. The third-order valence-corrected chi connectivity index (χ3v) is 5.50. The summed E-state index contributed by atoms with van der Waals surface area (Å²) in [7, 11) is -2.29. The second-order valence-corrected chi connectivity index (χ2v) is 7.78. The van der Waals surface area contributed by atoms with E-state index in [1.807, 2.05) is 18.2 Å². The Balaban J connectivity index is 1.68. The number of sulfonamides is 1. The fourth-order valence-electron chi connectivity index (χ4n) is 2.60. The molecular formula is C18H20N2O5S. The van der Waals surface area contributed by atoms with E-state index >= 15 is 0 Å². The Kier molecular flexibility index (Phi) is 5.15. The molecule has 1 heterocycles. The van der Waals surface area contributed by atoms with E-state index in [1.165, 1.54) is 19.2 Å². The Morgan fingerprint density at radius 3 is 2.65 bits per heavy atom. The van der Waals surface area contributed by atoms with Gasteiger partial charge in [0.15, 0.2) is 11.5 Å². The van der Waals surface area contributed by atoms with Crippen LogP contribution in [0.3, 0.4) is 0 Å². The van der Waals surface area contributed by atoms with E-state index in [0.717, 1.165) is 0 Å². The molecular weight excluding hydrogens is 356 g/mol. The van der Waals surface area contributed by atoms with Gasteiger partial charge >= 0.3 is 0 Å². The number of aryl methyl sites for hydroxylation is 1. The molecule has 0 spiro atoms. The molecule has 0 fully saturated rings. The molecule has 2 aromatic carbocycles. The van der Waals surface area contributed by atoms with Gasteiger partial charge in [0, 0.05) is 5.56 Å². The minimum absolute atomic E-state index is 0.0435. The van der Waals surface area contributed by atoms with Crippen molar-refractivity contribution in [3.05, 3.63) is 53.6 Å². The van der Waals surface area contributed by atoms with Crippen LogP contribution in [0.25, 0.3) is 0 Å². The molecule has 3 rings (SSSR count). The van der Waals surface area contributed by atoms with Crippen molar-refractivity contribution in [2.45, 2.75) is 17.9 Å². The maximum atomic E-state index is 12.5. The molecule has 0 aromatic heterocycles.